The summed E-state index contributed by atoms with van der Waals surface area (Å²) in [6.07, 6.45) is 2.24. The number of hydrogen-bond donors (Lipinski definition) is 1. The number of nitrogens with zero attached hydrogens (tertiary/aromatic N) is 3. The molecule has 0 aromatic heterocycles. The predicted octanol–water partition coefficient (Wildman–Crippen LogP) is 2.34. The number of thioether (sulfide) groups is 1. The third-order valence-electron chi connectivity index (χ3n) is 4.35. The molecule has 0 bridgehead atoms. The number of nitrogens with two attached hydrogens (primary N) is 1. The van der Waals surface area contributed by atoms with E-state index in [-0.39, 0.29) is 29.9 Å². The van der Waals surface area contributed by atoms with Crippen LogP contribution in [-0.2, 0) is 11.2 Å². The average Bonchev–Trinajstić information content (AvgIpc) is 3.03. The highest BCUT2D eigenvalue weighted by Crippen LogP contribution is 2.28. The van der Waals surface area contributed by atoms with E-state index in [1.165, 1.54) is 5.56 Å². The number of guanidine groups is 1. The maximum Gasteiger partial charge on any atom is 0.227 e. The Morgan fingerprint density at radius 2 is 1.96 bits per heavy atom. The highest BCUT2D eigenvalue weighted by Gasteiger charge is 2.23. The van der Waals surface area contributed by atoms with E-state index in [0.29, 0.717) is 18.9 Å². The Hall–Kier alpha value is -0.960. The van der Waals surface area contributed by atoms with Gasteiger partial charge in [0.1, 0.15) is 0 Å². The van der Waals surface area contributed by atoms with Crippen molar-refractivity contribution in [3.8, 4) is 0 Å². The fraction of sp³-hybridized carbons (Fsp3) is 0.529. The summed E-state index contributed by atoms with van der Waals surface area (Å²) in [7, 11) is 0. The van der Waals surface area contributed by atoms with E-state index >= 15 is 0 Å². The minimum Gasteiger partial charge on any atom is -0.370 e. The zero-order valence-corrected chi connectivity index (χ0v) is 17.0. The maximum atomic E-state index is 12.4. The topological polar surface area (TPSA) is 61.9 Å². The van der Waals surface area contributed by atoms with Crippen LogP contribution in [0.4, 0.5) is 5.69 Å². The molecule has 132 valence electrons. The zero-order valence-electron chi connectivity index (χ0n) is 13.8. The molecule has 0 unspecified atom stereocenters. The summed E-state index contributed by atoms with van der Waals surface area (Å²) in [5, 5.41) is 0. The number of amides is 1. The second-order valence-electron chi connectivity index (χ2n) is 5.87. The van der Waals surface area contributed by atoms with Gasteiger partial charge >= 0.3 is 0 Å². The molecule has 2 aliphatic rings. The number of anilines is 1. The van der Waals surface area contributed by atoms with Crippen molar-refractivity contribution < 1.29 is 4.79 Å². The summed E-state index contributed by atoms with van der Waals surface area (Å²) < 4.78 is 0. The van der Waals surface area contributed by atoms with E-state index in [1.807, 2.05) is 34.9 Å². The van der Waals surface area contributed by atoms with Crippen LogP contribution in [0.1, 0.15) is 18.4 Å². The van der Waals surface area contributed by atoms with Gasteiger partial charge in [-0.3, -0.25) is 9.79 Å². The Balaban J connectivity index is 0.00000208. The van der Waals surface area contributed by atoms with Crippen molar-refractivity contribution in [1.82, 2.24) is 4.90 Å². The molecule has 5 nitrogen and oxygen atoms in total. The number of para-hydroxylation sites is 1. The first-order chi connectivity index (χ1) is 11.3. The fourth-order valence-electron chi connectivity index (χ4n) is 3.05. The molecule has 2 aliphatic heterocycles. The number of hydrogen-bond acceptors (Lipinski definition) is 3. The molecule has 0 spiro atoms. The Kier molecular flexibility index (Phi) is 7.67. The van der Waals surface area contributed by atoms with Crippen LogP contribution in [0.5, 0.6) is 0 Å². The van der Waals surface area contributed by atoms with Crippen LogP contribution in [0, 0.1) is 0 Å². The minimum atomic E-state index is 0. The Morgan fingerprint density at radius 3 is 2.75 bits per heavy atom. The van der Waals surface area contributed by atoms with Crippen LogP contribution in [-0.4, -0.2) is 54.5 Å². The highest BCUT2D eigenvalue weighted by atomic mass is 127. The summed E-state index contributed by atoms with van der Waals surface area (Å²) in [5.74, 6) is 3.05. The van der Waals surface area contributed by atoms with E-state index in [2.05, 4.69) is 16.0 Å². The molecule has 2 N–H and O–H groups in total. The third kappa shape index (κ3) is 4.78. The van der Waals surface area contributed by atoms with Crippen LogP contribution in [0.25, 0.3) is 0 Å². The second kappa shape index (κ2) is 9.50. The zero-order chi connectivity index (χ0) is 16.1. The first-order valence-electron chi connectivity index (χ1n) is 8.26. The van der Waals surface area contributed by atoms with Gasteiger partial charge < -0.3 is 15.5 Å². The standard InChI is InChI=1S/C17H24N4OS.HI/c18-17(20-10-12-23-13-11-20)19-8-3-6-16(22)21-9-7-14-4-1-2-5-15(14)21;/h1-2,4-5H,3,6-13H2,(H2,18,19);1H. The minimum absolute atomic E-state index is 0. The summed E-state index contributed by atoms with van der Waals surface area (Å²) >= 11 is 1.95. The Bertz CT molecular complexity index is 590. The normalized spacial score (nSPS) is 17.4. The Morgan fingerprint density at radius 1 is 1.21 bits per heavy atom. The lowest BCUT2D eigenvalue weighted by Crippen LogP contribution is -2.42. The van der Waals surface area contributed by atoms with Crippen LogP contribution in [0.3, 0.4) is 0 Å². The van der Waals surface area contributed by atoms with Crippen molar-refractivity contribution in [2.75, 3.05) is 42.6 Å². The van der Waals surface area contributed by atoms with Gasteiger partial charge in [-0.15, -0.1) is 24.0 Å². The monoisotopic (exact) mass is 460 g/mol. The quantitative estimate of drug-likeness (QED) is 0.324. The summed E-state index contributed by atoms with van der Waals surface area (Å²) in [5.41, 5.74) is 8.37. The third-order valence-corrected chi connectivity index (χ3v) is 5.29. The number of aliphatic imine (C=N–C) groups is 1. The number of carbonyl (C=O) groups is 1. The molecular weight excluding hydrogens is 435 g/mol. The van der Waals surface area contributed by atoms with Gasteiger partial charge in [0, 0.05) is 49.8 Å². The Labute approximate surface area is 165 Å². The molecule has 1 aromatic carbocycles. The number of benzene rings is 1. The lowest BCUT2D eigenvalue weighted by molar-refractivity contribution is -0.118. The van der Waals surface area contributed by atoms with Gasteiger partial charge in [-0.1, -0.05) is 18.2 Å². The lowest BCUT2D eigenvalue weighted by atomic mass is 10.2. The highest BCUT2D eigenvalue weighted by molar-refractivity contribution is 14.0. The average molecular weight is 460 g/mol. The van der Waals surface area contributed by atoms with Gasteiger partial charge in [0.25, 0.3) is 0 Å². The molecule has 0 radical (unpaired) electrons. The van der Waals surface area contributed by atoms with Crippen LogP contribution < -0.4 is 10.6 Å². The smallest absolute Gasteiger partial charge is 0.227 e. The SMILES string of the molecule is I.NC(=NCCCC(=O)N1CCc2ccccc21)N1CCSCC1. The molecule has 0 atom stereocenters. The molecule has 1 aromatic rings. The van der Waals surface area contributed by atoms with Gasteiger partial charge in [0.05, 0.1) is 0 Å². The van der Waals surface area contributed by atoms with E-state index in [1.54, 1.807) is 0 Å². The van der Waals surface area contributed by atoms with Gasteiger partial charge in [-0.05, 0) is 24.5 Å². The largest absolute Gasteiger partial charge is 0.370 e. The van der Waals surface area contributed by atoms with Gasteiger partial charge in [0.2, 0.25) is 5.91 Å². The van der Waals surface area contributed by atoms with Crippen molar-refractivity contribution in [2.45, 2.75) is 19.3 Å². The van der Waals surface area contributed by atoms with Crippen molar-refractivity contribution >= 4 is 53.3 Å². The fourth-order valence-corrected chi connectivity index (χ4v) is 3.95. The molecule has 1 saturated heterocycles. The van der Waals surface area contributed by atoms with Gasteiger partial charge in [-0.2, -0.15) is 11.8 Å². The number of carbonyl (C=O) groups excluding carboxylic acids is 1. The maximum absolute atomic E-state index is 12.4. The van der Waals surface area contributed by atoms with Crippen LogP contribution in [0.15, 0.2) is 29.3 Å². The van der Waals surface area contributed by atoms with Crippen molar-refractivity contribution in [1.29, 1.82) is 0 Å². The number of rotatable bonds is 4. The van der Waals surface area contributed by atoms with E-state index < -0.39 is 0 Å². The van der Waals surface area contributed by atoms with Crippen molar-refractivity contribution in [2.24, 2.45) is 10.7 Å². The predicted molar refractivity (Wildman–Crippen MR) is 113 cm³/mol. The first-order valence-corrected chi connectivity index (χ1v) is 9.42. The molecule has 0 aliphatic carbocycles. The first kappa shape index (κ1) is 19.4. The van der Waals surface area contributed by atoms with E-state index in [0.717, 1.165) is 49.7 Å². The van der Waals surface area contributed by atoms with Crippen LogP contribution >= 0.6 is 35.7 Å². The van der Waals surface area contributed by atoms with Gasteiger partial charge in [-0.25, -0.2) is 0 Å². The molecule has 7 heteroatoms. The number of fused-ring (bicyclic) bond motifs is 1. The second-order valence-corrected chi connectivity index (χ2v) is 7.09. The molecule has 1 amide bonds. The van der Waals surface area contributed by atoms with E-state index in [9.17, 15) is 4.79 Å². The molecule has 2 heterocycles. The lowest BCUT2D eigenvalue weighted by Gasteiger charge is -2.27. The van der Waals surface area contributed by atoms with E-state index in [4.69, 9.17) is 5.73 Å². The number of halogens is 1. The summed E-state index contributed by atoms with van der Waals surface area (Å²) in [6.45, 7) is 3.37. The molecule has 1 fully saturated rings. The molecule has 24 heavy (non-hydrogen) atoms. The summed E-state index contributed by atoms with van der Waals surface area (Å²) in [4.78, 5) is 20.9. The summed E-state index contributed by atoms with van der Waals surface area (Å²) in [6, 6.07) is 8.16. The molecule has 0 saturated carbocycles. The van der Waals surface area contributed by atoms with Crippen LogP contribution in [0.2, 0.25) is 0 Å². The van der Waals surface area contributed by atoms with Crippen molar-refractivity contribution in [3.05, 3.63) is 29.8 Å². The van der Waals surface area contributed by atoms with Crippen molar-refractivity contribution in [3.63, 3.8) is 0 Å². The molecular formula is C17H25IN4OS. The molecule has 3 rings (SSSR count). The van der Waals surface area contributed by atoms with Gasteiger partial charge in [0.15, 0.2) is 5.96 Å².